The predicted octanol–water partition coefficient (Wildman–Crippen LogP) is 3.28. The van der Waals surface area contributed by atoms with E-state index in [0.717, 1.165) is 16.0 Å². The molecule has 4 aromatic rings. The lowest BCUT2D eigenvalue weighted by Gasteiger charge is -2.07. The molecule has 0 saturated carbocycles. The summed E-state index contributed by atoms with van der Waals surface area (Å²) in [4.78, 5) is 4.93. The third kappa shape index (κ3) is 2.51. The van der Waals surface area contributed by atoms with Crippen molar-refractivity contribution in [2.24, 2.45) is 0 Å². The number of hydrogen-bond donors (Lipinski definition) is 1. The topological polar surface area (TPSA) is 82.7 Å². The van der Waals surface area contributed by atoms with E-state index >= 15 is 0 Å². The number of aromatic nitrogens is 5. The highest BCUT2D eigenvalue weighted by molar-refractivity contribution is 7.99. The van der Waals surface area contributed by atoms with Crippen LogP contribution in [0.1, 0.15) is 5.56 Å². The van der Waals surface area contributed by atoms with Gasteiger partial charge in [-0.25, -0.2) is 13.9 Å². The zero-order valence-corrected chi connectivity index (χ0v) is 13.0. The molecule has 0 aliphatic carbocycles. The molecule has 0 bridgehead atoms. The Morgan fingerprint density at radius 1 is 1.25 bits per heavy atom. The zero-order valence-electron chi connectivity index (χ0n) is 12.1. The summed E-state index contributed by atoms with van der Waals surface area (Å²) in [5.41, 5.74) is 2.89. The van der Waals surface area contributed by atoms with Crippen molar-refractivity contribution in [3.63, 3.8) is 0 Å². The molecule has 24 heavy (non-hydrogen) atoms. The standard InChI is InChI=1S/C16H9FN6S/c17-13-1-2-19-15(4-13)24-14-3-10(12-6-20-21-7-12)9-23-16(14)11(5-18)8-22-23/h1-4,6-9H,(H,20,21). The summed E-state index contributed by atoms with van der Waals surface area (Å²) in [5.74, 6) is -0.358. The zero-order chi connectivity index (χ0) is 16.5. The second kappa shape index (κ2) is 5.79. The van der Waals surface area contributed by atoms with Gasteiger partial charge in [-0.05, 0) is 12.1 Å². The predicted molar refractivity (Wildman–Crippen MR) is 85.8 cm³/mol. The number of nitrogens with one attached hydrogen (secondary N) is 1. The van der Waals surface area contributed by atoms with Crippen LogP contribution in [0.4, 0.5) is 4.39 Å². The van der Waals surface area contributed by atoms with Gasteiger partial charge in [-0.2, -0.15) is 15.5 Å². The van der Waals surface area contributed by atoms with E-state index in [1.807, 2.05) is 12.3 Å². The van der Waals surface area contributed by atoms with Gasteiger partial charge in [0.15, 0.2) is 0 Å². The van der Waals surface area contributed by atoms with E-state index in [1.165, 1.54) is 36.3 Å². The number of H-pyrrole nitrogens is 1. The van der Waals surface area contributed by atoms with E-state index < -0.39 is 0 Å². The number of nitrogens with zero attached hydrogens (tertiary/aromatic N) is 5. The summed E-state index contributed by atoms with van der Waals surface area (Å²) in [7, 11) is 0. The molecule has 4 heterocycles. The first-order valence-corrected chi connectivity index (χ1v) is 7.76. The molecular weight excluding hydrogens is 327 g/mol. The fraction of sp³-hybridized carbons (Fsp3) is 0. The largest absolute Gasteiger partial charge is 0.285 e. The van der Waals surface area contributed by atoms with Crippen molar-refractivity contribution in [2.75, 3.05) is 0 Å². The molecule has 0 amide bonds. The Balaban J connectivity index is 1.90. The van der Waals surface area contributed by atoms with Crippen LogP contribution in [0.3, 0.4) is 0 Å². The Morgan fingerprint density at radius 3 is 2.92 bits per heavy atom. The molecule has 0 aliphatic rings. The number of halogens is 1. The SMILES string of the molecule is N#Cc1cnn2cc(-c3cn[nH]c3)cc(Sc3cc(F)ccn3)c12. The minimum atomic E-state index is -0.358. The van der Waals surface area contributed by atoms with Gasteiger partial charge >= 0.3 is 0 Å². The van der Waals surface area contributed by atoms with Crippen LogP contribution in [0.15, 0.2) is 59.1 Å². The van der Waals surface area contributed by atoms with Crippen molar-refractivity contribution in [1.29, 1.82) is 5.26 Å². The number of rotatable bonds is 3. The third-order valence-corrected chi connectivity index (χ3v) is 4.40. The van der Waals surface area contributed by atoms with E-state index in [9.17, 15) is 9.65 Å². The van der Waals surface area contributed by atoms with Crippen LogP contribution in [0, 0.1) is 17.1 Å². The van der Waals surface area contributed by atoms with E-state index in [1.54, 1.807) is 16.9 Å². The van der Waals surface area contributed by atoms with Crippen LogP contribution in [-0.4, -0.2) is 24.8 Å². The van der Waals surface area contributed by atoms with Crippen LogP contribution >= 0.6 is 11.8 Å². The molecule has 0 spiro atoms. The number of aromatic amines is 1. The van der Waals surface area contributed by atoms with Gasteiger partial charge in [0.2, 0.25) is 0 Å². The maximum Gasteiger partial charge on any atom is 0.127 e. The minimum absolute atomic E-state index is 0.358. The molecule has 1 N–H and O–H groups in total. The summed E-state index contributed by atoms with van der Waals surface area (Å²) in [6.07, 6.45) is 8.22. The van der Waals surface area contributed by atoms with Gasteiger partial charge in [0.1, 0.15) is 16.9 Å². The minimum Gasteiger partial charge on any atom is -0.285 e. The van der Waals surface area contributed by atoms with Gasteiger partial charge in [-0.1, -0.05) is 11.8 Å². The lowest BCUT2D eigenvalue weighted by Crippen LogP contribution is -1.92. The summed E-state index contributed by atoms with van der Waals surface area (Å²) in [5, 5.41) is 20.8. The smallest absolute Gasteiger partial charge is 0.127 e. The Labute approximate surface area is 140 Å². The molecule has 4 aromatic heterocycles. The molecule has 0 unspecified atom stereocenters. The molecule has 0 fully saturated rings. The Bertz CT molecular complexity index is 1060. The summed E-state index contributed by atoms with van der Waals surface area (Å²) < 4.78 is 15.1. The van der Waals surface area contributed by atoms with Gasteiger partial charge < -0.3 is 0 Å². The van der Waals surface area contributed by atoms with Crippen LogP contribution in [0.2, 0.25) is 0 Å². The molecule has 0 aliphatic heterocycles. The fourth-order valence-electron chi connectivity index (χ4n) is 2.36. The quantitative estimate of drug-likeness (QED) is 0.621. The Hall–Kier alpha value is -3.18. The fourth-order valence-corrected chi connectivity index (χ4v) is 3.36. The maximum atomic E-state index is 13.4. The van der Waals surface area contributed by atoms with E-state index in [-0.39, 0.29) is 5.82 Å². The lowest BCUT2D eigenvalue weighted by atomic mass is 10.1. The van der Waals surface area contributed by atoms with Crippen LogP contribution < -0.4 is 0 Å². The molecule has 0 aromatic carbocycles. The monoisotopic (exact) mass is 336 g/mol. The van der Waals surface area contributed by atoms with Crippen LogP contribution in [0.5, 0.6) is 0 Å². The first kappa shape index (κ1) is 14.4. The van der Waals surface area contributed by atoms with Gasteiger partial charge in [0.05, 0.1) is 23.5 Å². The van der Waals surface area contributed by atoms with Crippen molar-refractivity contribution < 1.29 is 4.39 Å². The van der Waals surface area contributed by atoms with Gasteiger partial charge in [0, 0.05) is 40.7 Å². The van der Waals surface area contributed by atoms with Gasteiger partial charge in [-0.15, -0.1) is 0 Å². The second-order valence-electron chi connectivity index (χ2n) is 4.96. The number of hydrogen-bond acceptors (Lipinski definition) is 5. The molecule has 4 rings (SSSR count). The highest BCUT2D eigenvalue weighted by atomic mass is 32.2. The van der Waals surface area contributed by atoms with Crippen molar-refractivity contribution in [3.8, 4) is 17.2 Å². The first-order valence-electron chi connectivity index (χ1n) is 6.94. The second-order valence-corrected chi connectivity index (χ2v) is 6.02. The normalized spacial score (nSPS) is 10.8. The molecular formula is C16H9FN6S. The highest BCUT2D eigenvalue weighted by Crippen LogP contribution is 2.34. The third-order valence-electron chi connectivity index (χ3n) is 3.44. The molecule has 116 valence electrons. The highest BCUT2D eigenvalue weighted by Gasteiger charge is 2.14. The summed E-state index contributed by atoms with van der Waals surface area (Å²) in [6, 6.07) is 6.70. The number of nitriles is 1. The van der Waals surface area contributed by atoms with Crippen LogP contribution in [0.25, 0.3) is 16.6 Å². The Morgan fingerprint density at radius 2 is 2.17 bits per heavy atom. The van der Waals surface area contributed by atoms with Crippen molar-refractivity contribution in [3.05, 3.63) is 60.6 Å². The average molecular weight is 336 g/mol. The van der Waals surface area contributed by atoms with E-state index in [2.05, 4.69) is 26.3 Å². The van der Waals surface area contributed by atoms with Crippen molar-refractivity contribution in [2.45, 2.75) is 9.92 Å². The first-order chi connectivity index (χ1) is 11.7. The molecule has 0 atom stereocenters. The van der Waals surface area contributed by atoms with E-state index in [4.69, 9.17) is 0 Å². The van der Waals surface area contributed by atoms with Crippen molar-refractivity contribution in [1.82, 2.24) is 24.8 Å². The summed E-state index contributed by atoms with van der Waals surface area (Å²) >= 11 is 1.28. The number of fused-ring (bicyclic) bond motifs is 1. The maximum absolute atomic E-state index is 13.4. The molecule has 0 radical (unpaired) electrons. The molecule has 8 heteroatoms. The lowest BCUT2D eigenvalue weighted by molar-refractivity contribution is 0.620. The molecule has 0 saturated heterocycles. The Kier molecular flexibility index (Phi) is 3.48. The molecule has 6 nitrogen and oxygen atoms in total. The summed E-state index contributed by atoms with van der Waals surface area (Å²) in [6.45, 7) is 0. The average Bonchev–Trinajstić information content (AvgIpc) is 3.24. The van der Waals surface area contributed by atoms with E-state index in [0.29, 0.717) is 16.1 Å². The van der Waals surface area contributed by atoms with Crippen molar-refractivity contribution >= 4 is 17.3 Å². The van der Waals surface area contributed by atoms with Crippen LogP contribution in [-0.2, 0) is 0 Å². The number of pyridine rings is 2. The van der Waals surface area contributed by atoms with Gasteiger partial charge in [-0.3, -0.25) is 5.10 Å². The van der Waals surface area contributed by atoms with Gasteiger partial charge in [0.25, 0.3) is 0 Å².